The van der Waals surface area contributed by atoms with Crippen molar-refractivity contribution < 1.29 is 14.3 Å². The van der Waals surface area contributed by atoms with E-state index in [2.05, 4.69) is 33.3 Å². The predicted octanol–water partition coefficient (Wildman–Crippen LogP) is 5.45. The lowest BCUT2D eigenvalue weighted by Gasteiger charge is -2.30. The number of aromatic nitrogens is 3. The Labute approximate surface area is 230 Å². The van der Waals surface area contributed by atoms with E-state index >= 15 is 0 Å². The summed E-state index contributed by atoms with van der Waals surface area (Å²) in [5, 5.41) is 4.38. The normalized spacial score (nSPS) is 19.2. The maximum atomic E-state index is 13.4. The van der Waals surface area contributed by atoms with Gasteiger partial charge in [0.1, 0.15) is 17.4 Å². The van der Waals surface area contributed by atoms with Gasteiger partial charge in [-0.2, -0.15) is 0 Å². The molecule has 1 aliphatic heterocycles. The summed E-state index contributed by atoms with van der Waals surface area (Å²) >= 11 is 0. The summed E-state index contributed by atoms with van der Waals surface area (Å²) < 4.78 is 5.68. The number of carbonyl (C=O) groups excluding carboxylic acids is 2. The number of nitrogens with zero attached hydrogens (tertiary/aromatic N) is 3. The molecule has 1 saturated heterocycles. The first kappa shape index (κ1) is 27.3. The van der Waals surface area contributed by atoms with Gasteiger partial charge in [-0.25, -0.2) is 4.98 Å². The fraction of sp³-hybridized carbons (Fsp3) is 0.548. The van der Waals surface area contributed by atoms with Crippen LogP contribution in [0.25, 0.3) is 22.2 Å². The van der Waals surface area contributed by atoms with Gasteiger partial charge < -0.3 is 19.9 Å². The Morgan fingerprint density at radius 2 is 2.03 bits per heavy atom. The number of Topliss-reactive ketones (excluding diaryl/α,β-unsaturated/α-hetero) is 1. The number of benzene rings is 1. The van der Waals surface area contributed by atoms with Crippen molar-refractivity contribution in [2.75, 3.05) is 27.2 Å². The number of methoxy groups -OCH3 is 1. The topological polar surface area (TPSA) is 100 Å². The quantitative estimate of drug-likeness (QED) is 0.301. The van der Waals surface area contributed by atoms with E-state index in [9.17, 15) is 9.59 Å². The second-order valence-corrected chi connectivity index (χ2v) is 11.4. The van der Waals surface area contributed by atoms with Crippen molar-refractivity contribution in [3.05, 3.63) is 42.5 Å². The van der Waals surface area contributed by atoms with E-state index < -0.39 is 0 Å². The fourth-order valence-electron chi connectivity index (χ4n) is 6.04. The number of nitrogens with one attached hydrogen (secondary N) is 2. The van der Waals surface area contributed by atoms with Gasteiger partial charge in [0.2, 0.25) is 5.91 Å². The van der Waals surface area contributed by atoms with E-state index in [0.717, 1.165) is 91.8 Å². The molecule has 1 aliphatic carbocycles. The second-order valence-electron chi connectivity index (χ2n) is 11.4. The lowest BCUT2D eigenvalue weighted by Crippen LogP contribution is -2.36. The van der Waals surface area contributed by atoms with E-state index in [1.807, 2.05) is 31.3 Å². The first-order chi connectivity index (χ1) is 18.9. The molecule has 0 radical (unpaired) electrons. The Morgan fingerprint density at radius 3 is 2.79 bits per heavy atom. The van der Waals surface area contributed by atoms with Crippen LogP contribution >= 0.6 is 0 Å². The number of hydrogen-bond donors (Lipinski definition) is 2. The van der Waals surface area contributed by atoms with Gasteiger partial charge in [0, 0.05) is 42.0 Å². The third-order valence-electron chi connectivity index (χ3n) is 8.79. The number of carbonyl (C=O) groups is 2. The third-order valence-corrected chi connectivity index (χ3v) is 8.79. The maximum Gasteiger partial charge on any atom is 0.224 e. The maximum absolute atomic E-state index is 13.4. The van der Waals surface area contributed by atoms with Crippen LogP contribution in [0.3, 0.4) is 0 Å². The molecule has 0 unspecified atom stereocenters. The average molecular weight is 532 g/mol. The smallest absolute Gasteiger partial charge is 0.224 e. The number of ketones is 1. The van der Waals surface area contributed by atoms with Crippen LogP contribution in [-0.2, 0) is 9.59 Å². The number of amides is 1. The molecule has 0 bridgehead atoms. The van der Waals surface area contributed by atoms with Gasteiger partial charge in [0.05, 0.1) is 30.6 Å². The molecule has 1 spiro atoms. The highest BCUT2D eigenvalue weighted by atomic mass is 16.5. The van der Waals surface area contributed by atoms with E-state index in [0.29, 0.717) is 18.6 Å². The third kappa shape index (κ3) is 6.16. The van der Waals surface area contributed by atoms with Crippen molar-refractivity contribution in [2.45, 2.75) is 70.8 Å². The summed E-state index contributed by atoms with van der Waals surface area (Å²) in [6, 6.07) is 7.75. The number of piperidine rings is 1. The SMILES string of the molecule is CCC(=O)CCCCC[C@H](NC(=O)[C@H]1CC12CCN(C)CC2)c1ncc(-c2cc3cccnc3cc2OC)[nH]1. The second kappa shape index (κ2) is 11.9. The zero-order valence-corrected chi connectivity index (χ0v) is 23.5. The molecule has 208 valence electrons. The van der Waals surface area contributed by atoms with Crippen LogP contribution in [0.1, 0.15) is 76.6 Å². The number of aromatic amines is 1. The van der Waals surface area contributed by atoms with Crippen molar-refractivity contribution in [3.8, 4) is 17.0 Å². The van der Waals surface area contributed by atoms with Gasteiger partial charge >= 0.3 is 0 Å². The van der Waals surface area contributed by atoms with E-state index in [1.54, 1.807) is 13.3 Å². The van der Waals surface area contributed by atoms with Crippen LogP contribution in [-0.4, -0.2) is 58.8 Å². The highest BCUT2D eigenvalue weighted by Gasteiger charge is 2.58. The van der Waals surface area contributed by atoms with Crippen LogP contribution in [0.5, 0.6) is 5.75 Å². The molecule has 8 heteroatoms. The molecule has 2 aliphatic rings. The Morgan fingerprint density at radius 1 is 1.21 bits per heavy atom. The first-order valence-corrected chi connectivity index (χ1v) is 14.4. The number of fused-ring (bicyclic) bond motifs is 1. The molecule has 39 heavy (non-hydrogen) atoms. The fourth-order valence-corrected chi connectivity index (χ4v) is 6.04. The highest BCUT2D eigenvalue weighted by Crippen LogP contribution is 2.59. The zero-order chi connectivity index (χ0) is 27.4. The number of likely N-dealkylation sites (tertiary alicyclic amines) is 1. The Balaban J connectivity index is 1.32. The summed E-state index contributed by atoms with van der Waals surface area (Å²) in [5.41, 5.74) is 2.81. The molecule has 5 rings (SSSR count). The summed E-state index contributed by atoms with van der Waals surface area (Å²) in [6.45, 7) is 4.04. The Bertz CT molecular complexity index is 1310. The first-order valence-electron chi connectivity index (χ1n) is 14.4. The number of H-pyrrole nitrogens is 1. The summed E-state index contributed by atoms with van der Waals surface area (Å²) in [5.74, 6) is 2.04. The molecule has 2 N–H and O–H groups in total. The Hall–Kier alpha value is -3.26. The molecule has 2 atom stereocenters. The van der Waals surface area contributed by atoms with Gasteiger partial charge in [-0.1, -0.05) is 25.8 Å². The average Bonchev–Trinajstić information content (AvgIpc) is 3.44. The molecular formula is C31H41N5O3. The Kier molecular flexibility index (Phi) is 8.31. The van der Waals surface area contributed by atoms with Gasteiger partial charge in [-0.3, -0.25) is 14.6 Å². The van der Waals surface area contributed by atoms with Crippen molar-refractivity contribution >= 4 is 22.6 Å². The number of pyridine rings is 1. The van der Waals surface area contributed by atoms with Crippen LogP contribution in [0, 0.1) is 11.3 Å². The largest absolute Gasteiger partial charge is 0.496 e. The van der Waals surface area contributed by atoms with Crippen molar-refractivity contribution in [1.29, 1.82) is 0 Å². The molecule has 1 aromatic carbocycles. The summed E-state index contributed by atoms with van der Waals surface area (Å²) in [4.78, 5) is 40.2. The van der Waals surface area contributed by atoms with Crippen molar-refractivity contribution in [2.24, 2.45) is 11.3 Å². The molecule has 3 aromatic rings. The number of ether oxygens (including phenoxy) is 1. The molecule has 1 saturated carbocycles. The lowest BCUT2D eigenvalue weighted by atomic mass is 9.91. The standard InChI is InChI=1S/C31H41N5O3/c1-4-22(37)10-6-5-7-11-25(35-30(38)24-19-31(24)12-15-36(2)16-13-31)29-33-20-27(34-29)23-17-21-9-8-14-32-26(21)18-28(23)39-3/h8-9,14,17-18,20,24-25H,4-7,10-13,15-16,19H2,1-3H3,(H,33,34)(H,35,38)/t24-,25+/m1/s1. The van der Waals surface area contributed by atoms with Gasteiger partial charge in [0.15, 0.2) is 0 Å². The van der Waals surface area contributed by atoms with Gasteiger partial charge in [0.25, 0.3) is 0 Å². The highest BCUT2D eigenvalue weighted by molar-refractivity contribution is 5.87. The van der Waals surface area contributed by atoms with Gasteiger partial charge in [-0.05, 0) is 69.8 Å². The summed E-state index contributed by atoms with van der Waals surface area (Å²) in [7, 11) is 3.82. The number of unbranched alkanes of at least 4 members (excludes halogenated alkanes) is 2. The van der Waals surface area contributed by atoms with E-state index in [4.69, 9.17) is 9.72 Å². The summed E-state index contributed by atoms with van der Waals surface area (Å²) in [6.07, 6.45) is 11.6. The molecule has 3 heterocycles. The van der Waals surface area contributed by atoms with Crippen LogP contribution in [0.2, 0.25) is 0 Å². The van der Waals surface area contributed by atoms with Crippen LogP contribution in [0.4, 0.5) is 0 Å². The number of imidazole rings is 1. The molecule has 2 aromatic heterocycles. The van der Waals surface area contributed by atoms with Crippen LogP contribution in [0.15, 0.2) is 36.7 Å². The lowest BCUT2D eigenvalue weighted by molar-refractivity contribution is -0.124. The predicted molar refractivity (Wildman–Crippen MR) is 152 cm³/mol. The minimum absolute atomic E-state index is 0.0957. The molecule has 8 nitrogen and oxygen atoms in total. The molecule has 1 amide bonds. The molecular weight excluding hydrogens is 490 g/mol. The van der Waals surface area contributed by atoms with Crippen LogP contribution < -0.4 is 10.1 Å². The minimum Gasteiger partial charge on any atom is -0.496 e. The molecule has 2 fully saturated rings. The number of rotatable bonds is 12. The van der Waals surface area contributed by atoms with Crippen molar-refractivity contribution in [1.82, 2.24) is 25.2 Å². The monoisotopic (exact) mass is 531 g/mol. The van der Waals surface area contributed by atoms with E-state index in [-0.39, 0.29) is 23.3 Å². The number of hydrogen-bond acceptors (Lipinski definition) is 6. The van der Waals surface area contributed by atoms with E-state index in [1.165, 1.54) is 0 Å². The minimum atomic E-state index is -0.204. The van der Waals surface area contributed by atoms with Gasteiger partial charge in [-0.15, -0.1) is 0 Å². The zero-order valence-electron chi connectivity index (χ0n) is 23.5. The van der Waals surface area contributed by atoms with Crippen molar-refractivity contribution in [3.63, 3.8) is 0 Å².